The lowest BCUT2D eigenvalue weighted by Gasteiger charge is -2.38. The number of carbonyl (C=O) groups excluding carboxylic acids is 4. The number of piperidine rings is 2. The largest absolute Gasteiger partial charge is 0.436 e. The Morgan fingerprint density at radius 2 is 1.67 bits per heavy atom. The second-order valence-corrected chi connectivity index (χ2v) is 18.0. The third-order valence-electron chi connectivity index (χ3n) is 13.4. The minimum absolute atomic E-state index is 0.0459. The van der Waals surface area contributed by atoms with Crippen LogP contribution in [0, 0.1) is 11.8 Å². The van der Waals surface area contributed by atoms with Crippen molar-refractivity contribution >= 4 is 47.0 Å². The fourth-order valence-corrected chi connectivity index (χ4v) is 9.73. The van der Waals surface area contributed by atoms with Gasteiger partial charge in [-0.05, 0) is 135 Å². The highest BCUT2D eigenvalue weighted by molar-refractivity contribution is 6.33. The Kier molecular flexibility index (Phi) is 14.8. The van der Waals surface area contributed by atoms with Gasteiger partial charge in [-0.3, -0.25) is 9.59 Å². The maximum absolute atomic E-state index is 14.1. The minimum Gasteiger partial charge on any atom is -0.436 e. The van der Waals surface area contributed by atoms with Crippen molar-refractivity contribution in [2.75, 3.05) is 63.9 Å². The van der Waals surface area contributed by atoms with E-state index in [0.29, 0.717) is 63.4 Å². The predicted octanol–water partition coefficient (Wildman–Crippen LogP) is 8.22. The molecule has 12 nitrogen and oxygen atoms in total. The molecule has 3 aromatic rings. The first-order chi connectivity index (χ1) is 30.1. The Balaban J connectivity index is 0.916. The van der Waals surface area contributed by atoms with Gasteiger partial charge in [0, 0.05) is 57.9 Å². The molecule has 16 heteroatoms. The Bertz CT molecular complexity index is 2140. The molecule has 3 heterocycles. The number of para-hydroxylation sites is 1. The van der Waals surface area contributed by atoms with Crippen molar-refractivity contribution in [2.45, 2.75) is 95.9 Å². The van der Waals surface area contributed by atoms with E-state index < -0.39 is 35.5 Å². The average molecular weight is 895 g/mol. The van der Waals surface area contributed by atoms with Crippen LogP contribution in [-0.4, -0.2) is 109 Å². The number of nitrogen functional groups attached to an aromatic ring is 1. The lowest BCUT2D eigenvalue weighted by atomic mass is 9.83. The first kappa shape index (κ1) is 46.0. The van der Waals surface area contributed by atoms with Gasteiger partial charge in [0.15, 0.2) is 6.10 Å². The molecule has 3 aromatic carbocycles. The number of carbonyl (C=O) groups is 4. The number of likely N-dealkylation sites (N-methyl/N-ethyl adjacent to an activating group) is 1. The number of likely N-dealkylation sites (tertiary alicyclic amines) is 2. The summed E-state index contributed by atoms with van der Waals surface area (Å²) in [5, 5.41) is 2.67. The van der Waals surface area contributed by atoms with Crippen molar-refractivity contribution in [1.29, 1.82) is 0 Å². The molecule has 0 bridgehead atoms. The number of hydrogen-bond acceptors (Lipinski definition) is 8. The van der Waals surface area contributed by atoms with Crippen LogP contribution in [0.3, 0.4) is 0 Å². The topological polar surface area (TPSA) is 138 Å². The molecule has 1 aliphatic carbocycles. The zero-order valence-corrected chi connectivity index (χ0v) is 36.8. The Labute approximate surface area is 372 Å². The fraction of sp³-hybridized carbons (Fsp3) is 0.532. The third kappa shape index (κ3) is 11.6. The summed E-state index contributed by atoms with van der Waals surface area (Å²) in [7, 11) is 1.60. The van der Waals surface area contributed by atoms with Gasteiger partial charge in [0.1, 0.15) is 5.75 Å². The van der Waals surface area contributed by atoms with E-state index in [0.717, 1.165) is 62.5 Å². The van der Waals surface area contributed by atoms with Crippen molar-refractivity contribution in [2.24, 2.45) is 11.8 Å². The number of hydrogen-bond donors (Lipinski definition) is 2. The normalized spacial score (nSPS) is 18.5. The number of halogens is 4. The number of amides is 4. The zero-order chi connectivity index (χ0) is 44.8. The van der Waals surface area contributed by atoms with Crippen LogP contribution < -0.4 is 15.8 Å². The highest BCUT2D eigenvalue weighted by atomic mass is 35.5. The molecule has 1 unspecified atom stereocenters. The molecule has 2 saturated heterocycles. The van der Waals surface area contributed by atoms with Crippen LogP contribution in [0.5, 0.6) is 5.75 Å². The molecule has 7 rings (SSSR count). The molecule has 2 fully saturated rings. The van der Waals surface area contributed by atoms with E-state index in [-0.39, 0.29) is 54.1 Å². The first-order valence-corrected chi connectivity index (χ1v) is 22.6. The van der Waals surface area contributed by atoms with Gasteiger partial charge in [0.2, 0.25) is 0 Å². The second kappa shape index (κ2) is 20.2. The number of urea groups is 1. The quantitative estimate of drug-likeness (QED) is 0.0996. The standard InChI is InChI=1S/C47H58ClF3N6O6/c1-30(32-13-20-55(21-14-32)22-18-42(58)62-37-11-10-33-7-5-8-35(33)29-37)12-19-54(2)44(59)41(28-31-26-38(47(49,50)51)43(52)39(48)27-31)63-46(61)56-23-16-36(17-24-56)57-25-15-34-6-3-4-9-40(34)53-45(57)60/h3-4,6,9-11,26-27,29-30,32,36,41H,5,7-8,12-25,28,52H2,1-2H3,(H,53,60)/t30?,41-/m1/s1. The first-order valence-electron chi connectivity index (χ1n) is 22.2. The maximum atomic E-state index is 14.1. The van der Waals surface area contributed by atoms with Crippen molar-refractivity contribution in [3.63, 3.8) is 0 Å². The molecule has 4 amide bonds. The van der Waals surface area contributed by atoms with E-state index in [9.17, 15) is 32.3 Å². The summed E-state index contributed by atoms with van der Waals surface area (Å²) in [6.45, 7) is 5.84. The number of ether oxygens (including phenoxy) is 2. The summed E-state index contributed by atoms with van der Waals surface area (Å²) in [5.41, 5.74) is 8.41. The smallest absolute Gasteiger partial charge is 0.418 e. The van der Waals surface area contributed by atoms with E-state index in [4.69, 9.17) is 26.8 Å². The second-order valence-electron chi connectivity index (χ2n) is 17.6. The van der Waals surface area contributed by atoms with Crippen molar-refractivity contribution in [1.82, 2.24) is 19.6 Å². The summed E-state index contributed by atoms with van der Waals surface area (Å²) in [6, 6.07) is 15.4. The SMILES string of the molecule is CC(CCN(C)C(=O)[C@@H](Cc1cc(Cl)c(N)c(C(F)(F)F)c1)OC(=O)N1CCC(N2CCc3ccccc3NC2=O)CC1)C1CCN(CCC(=O)Oc2ccc3c(c2)CCC3)CC1. The van der Waals surface area contributed by atoms with E-state index >= 15 is 0 Å². The van der Waals surface area contributed by atoms with E-state index in [2.05, 4.69) is 23.2 Å². The number of alkyl halides is 3. The Hall–Kier alpha value is -5.02. The van der Waals surface area contributed by atoms with E-state index in [1.807, 2.05) is 36.4 Å². The van der Waals surface area contributed by atoms with Crippen LogP contribution in [0.2, 0.25) is 5.02 Å². The summed E-state index contributed by atoms with van der Waals surface area (Å²) in [6.07, 6.45) is 0.377. The van der Waals surface area contributed by atoms with Crippen LogP contribution in [0.25, 0.3) is 0 Å². The van der Waals surface area contributed by atoms with Crippen LogP contribution in [0.4, 0.5) is 34.1 Å². The maximum Gasteiger partial charge on any atom is 0.418 e. The summed E-state index contributed by atoms with van der Waals surface area (Å²) in [4.78, 5) is 60.6. The van der Waals surface area contributed by atoms with Gasteiger partial charge in [0.05, 0.1) is 22.7 Å². The van der Waals surface area contributed by atoms with Gasteiger partial charge in [-0.15, -0.1) is 0 Å². The van der Waals surface area contributed by atoms with Crippen molar-refractivity contribution in [3.8, 4) is 5.75 Å². The van der Waals surface area contributed by atoms with Crippen LogP contribution in [-0.2, 0) is 46.2 Å². The van der Waals surface area contributed by atoms with Crippen molar-refractivity contribution in [3.05, 3.63) is 87.4 Å². The molecule has 3 N–H and O–H groups in total. The molecule has 63 heavy (non-hydrogen) atoms. The van der Waals surface area contributed by atoms with Crippen LogP contribution >= 0.6 is 11.6 Å². The number of nitrogens with zero attached hydrogens (tertiary/aromatic N) is 4. The number of aryl methyl sites for hydroxylation is 2. The molecule has 0 spiro atoms. The molecule has 0 aromatic heterocycles. The predicted molar refractivity (Wildman–Crippen MR) is 235 cm³/mol. The number of nitrogens with one attached hydrogen (secondary N) is 1. The molecular formula is C47H58ClF3N6O6. The van der Waals surface area contributed by atoms with Crippen LogP contribution in [0.1, 0.15) is 79.7 Å². The average Bonchev–Trinajstić information content (AvgIpc) is 3.67. The molecule has 3 aliphatic heterocycles. The lowest BCUT2D eigenvalue weighted by molar-refractivity contribution is -0.140. The zero-order valence-electron chi connectivity index (χ0n) is 36.1. The molecule has 2 atom stereocenters. The summed E-state index contributed by atoms with van der Waals surface area (Å²) < 4.78 is 53.3. The summed E-state index contributed by atoms with van der Waals surface area (Å²) >= 11 is 6.15. The third-order valence-corrected chi connectivity index (χ3v) is 13.7. The van der Waals surface area contributed by atoms with Gasteiger partial charge in [-0.25, -0.2) is 9.59 Å². The number of nitrogens with two attached hydrogens (primary N) is 1. The Morgan fingerprint density at radius 1 is 0.937 bits per heavy atom. The lowest BCUT2D eigenvalue weighted by Crippen LogP contribution is -2.51. The monoisotopic (exact) mass is 894 g/mol. The number of rotatable bonds is 13. The highest BCUT2D eigenvalue weighted by Gasteiger charge is 2.37. The number of fused-ring (bicyclic) bond motifs is 2. The van der Waals surface area contributed by atoms with E-state index in [1.165, 1.54) is 27.0 Å². The van der Waals surface area contributed by atoms with Gasteiger partial charge in [0.25, 0.3) is 5.91 Å². The number of anilines is 2. The molecular weight excluding hydrogens is 837 g/mol. The molecule has 0 saturated carbocycles. The Morgan fingerprint density at radius 3 is 2.41 bits per heavy atom. The van der Waals surface area contributed by atoms with Gasteiger partial charge in [-0.1, -0.05) is 42.8 Å². The highest BCUT2D eigenvalue weighted by Crippen LogP contribution is 2.38. The molecule has 340 valence electrons. The van der Waals surface area contributed by atoms with Crippen LogP contribution in [0.15, 0.2) is 54.6 Å². The molecule has 0 radical (unpaired) electrons. The number of benzene rings is 3. The fourth-order valence-electron chi connectivity index (χ4n) is 9.49. The van der Waals surface area contributed by atoms with Gasteiger partial charge in [-0.2, -0.15) is 13.2 Å². The molecule has 4 aliphatic rings. The van der Waals surface area contributed by atoms with Gasteiger partial charge >= 0.3 is 24.3 Å². The van der Waals surface area contributed by atoms with Crippen molar-refractivity contribution < 1.29 is 41.8 Å². The minimum atomic E-state index is -4.80. The summed E-state index contributed by atoms with van der Waals surface area (Å²) in [5.74, 6) is 0.466. The number of esters is 1. The van der Waals surface area contributed by atoms with E-state index in [1.54, 1.807) is 11.9 Å². The van der Waals surface area contributed by atoms with Gasteiger partial charge < -0.3 is 40.1 Å².